The number of ether oxygens (including phenoxy) is 2. The predicted molar refractivity (Wildman–Crippen MR) is 78.4 cm³/mol. The van der Waals surface area contributed by atoms with Crippen molar-refractivity contribution in [2.75, 3.05) is 25.6 Å². The Morgan fingerprint density at radius 1 is 1.10 bits per heavy atom. The van der Waals surface area contributed by atoms with Crippen LogP contribution in [0.15, 0.2) is 42.5 Å². The maximum absolute atomic E-state index is 13.1. The number of benzene rings is 2. The normalized spacial score (nSPS) is 10.2. The summed E-state index contributed by atoms with van der Waals surface area (Å²) in [4.78, 5) is 0. The van der Waals surface area contributed by atoms with Crippen LogP contribution in [0, 0.1) is 5.82 Å². The van der Waals surface area contributed by atoms with E-state index in [1.807, 2.05) is 24.3 Å². The maximum atomic E-state index is 13.1. The Morgan fingerprint density at radius 3 is 2.45 bits per heavy atom. The lowest BCUT2D eigenvalue weighted by molar-refractivity contribution is 0.331. The predicted octanol–water partition coefficient (Wildman–Crippen LogP) is 3.98. The highest BCUT2D eigenvalue weighted by molar-refractivity contribution is 6.30. The molecule has 20 heavy (non-hydrogen) atoms. The Hall–Kier alpha value is -1.94. The zero-order valence-electron chi connectivity index (χ0n) is 11.0. The van der Waals surface area contributed by atoms with E-state index < -0.39 is 0 Å². The number of hydrogen-bond acceptors (Lipinski definition) is 3. The smallest absolute Gasteiger partial charge is 0.126 e. The first-order chi connectivity index (χ1) is 9.67. The molecule has 106 valence electrons. The van der Waals surface area contributed by atoms with Crippen LogP contribution in [0.25, 0.3) is 0 Å². The highest BCUT2D eigenvalue weighted by Gasteiger charge is 1.99. The van der Waals surface area contributed by atoms with Gasteiger partial charge in [0.2, 0.25) is 0 Å². The molecule has 0 radical (unpaired) electrons. The Kier molecular flexibility index (Phi) is 5.07. The van der Waals surface area contributed by atoms with Gasteiger partial charge in [0.05, 0.1) is 7.11 Å². The van der Waals surface area contributed by atoms with Gasteiger partial charge in [-0.25, -0.2) is 4.39 Å². The molecule has 0 saturated heterocycles. The zero-order chi connectivity index (χ0) is 14.4. The van der Waals surface area contributed by atoms with Gasteiger partial charge in [-0.2, -0.15) is 0 Å². The van der Waals surface area contributed by atoms with Crippen molar-refractivity contribution in [2.45, 2.75) is 0 Å². The highest BCUT2D eigenvalue weighted by Crippen LogP contribution is 2.18. The second-order valence-corrected chi connectivity index (χ2v) is 4.55. The van der Waals surface area contributed by atoms with Crippen molar-refractivity contribution in [1.29, 1.82) is 0 Å². The Labute approximate surface area is 122 Å². The zero-order valence-corrected chi connectivity index (χ0v) is 11.8. The van der Waals surface area contributed by atoms with Gasteiger partial charge in [-0.15, -0.1) is 0 Å². The van der Waals surface area contributed by atoms with E-state index in [-0.39, 0.29) is 5.82 Å². The summed E-state index contributed by atoms with van der Waals surface area (Å²) in [5.41, 5.74) is 0.633. The van der Waals surface area contributed by atoms with E-state index in [9.17, 15) is 4.39 Å². The van der Waals surface area contributed by atoms with Crippen LogP contribution in [0.2, 0.25) is 5.02 Å². The third-order valence-corrected chi connectivity index (χ3v) is 2.84. The second-order valence-electron chi connectivity index (χ2n) is 4.11. The van der Waals surface area contributed by atoms with Crippen LogP contribution in [-0.4, -0.2) is 20.3 Å². The van der Waals surface area contributed by atoms with Crippen molar-refractivity contribution >= 4 is 17.3 Å². The SMILES string of the molecule is COc1ccc(OCCNc2cc(F)cc(Cl)c2)cc1. The number of methoxy groups -OCH3 is 1. The number of anilines is 1. The lowest BCUT2D eigenvalue weighted by Gasteiger charge is -2.09. The van der Waals surface area contributed by atoms with Crippen molar-refractivity contribution in [3.05, 3.63) is 53.3 Å². The first-order valence-electron chi connectivity index (χ1n) is 6.14. The van der Waals surface area contributed by atoms with Crippen LogP contribution >= 0.6 is 11.6 Å². The third-order valence-electron chi connectivity index (χ3n) is 2.62. The molecule has 0 spiro atoms. The first kappa shape index (κ1) is 14.5. The van der Waals surface area contributed by atoms with Gasteiger partial charge in [-0.1, -0.05) is 11.6 Å². The fraction of sp³-hybridized carbons (Fsp3) is 0.200. The molecule has 0 bridgehead atoms. The number of halogens is 2. The molecule has 1 N–H and O–H groups in total. The van der Waals surface area contributed by atoms with E-state index in [2.05, 4.69) is 5.32 Å². The Morgan fingerprint density at radius 2 is 1.80 bits per heavy atom. The van der Waals surface area contributed by atoms with Gasteiger partial charge >= 0.3 is 0 Å². The average Bonchev–Trinajstić information content (AvgIpc) is 2.43. The lowest BCUT2D eigenvalue weighted by Crippen LogP contribution is -2.11. The average molecular weight is 296 g/mol. The molecule has 0 aliphatic carbocycles. The summed E-state index contributed by atoms with van der Waals surface area (Å²) in [6.45, 7) is 1.01. The molecule has 3 nitrogen and oxygen atoms in total. The van der Waals surface area contributed by atoms with Crippen LogP contribution in [0.5, 0.6) is 11.5 Å². The molecule has 0 saturated carbocycles. The molecule has 0 amide bonds. The molecule has 2 aromatic rings. The summed E-state index contributed by atoms with van der Waals surface area (Å²) in [6.07, 6.45) is 0. The molecule has 5 heteroatoms. The quantitative estimate of drug-likeness (QED) is 0.818. The van der Waals surface area contributed by atoms with Gasteiger partial charge in [-0.05, 0) is 42.5 Å². The Balaban J connectivity index is 1.78. The van der Waals surface area contributed by atoms with Crippen LogP contribution in [0.3, 0.4) is 0 Å². The standard InChI is InChI=1S/C15H15ClFNO2/c1-19-14-2-4-15(5-3-14)20-7-6-18-13-9-11(16)8-12(17)10-13/h2-5,8-10,18H,6-7H2,1H3. The summed E-state index contributed by atoms with van der Waals surface area (Å²) in [6, 6.07) is 11.6. The van der Waals surface area contributed by atoms with E-state index in [4.69, 9.17) is 21.1 Å². The van der Waals surface area contributed by atoms with Gasteiger partial charge in [0.25, 0.3) is 0 Å². The summed E-state index contributed by atoms with van der Waals surface area (Å²) >= 11 is 5.76. The fourth-order valence-corrected chi connectivity index (χ4v) is 1.91. The second kappa shape index (κ2) is 7.01. The minimum atomic E-state index is -0.365. The maximum Gasteiger partial charge on any atom is 0.126 e. The third kappa shape index (κ3) is 4.31. The first-order valence-corrected chi connectivity index (χ1v) is 6.52. The number of rotatable bonds is 6. The largest absolute Gasteiger partial charge is 0.497 e. The van der Waals surface area contributed by atoms with Gasteiger partial charge in [0.15, 0.2) is 0 Å². The van der Waals surface area contributed by atoms with Crippen LogP contribution in [0.4, 0.5) is 10.1 Å². The fourth-order valence-electron chi connectivity index (χ4n) is 1.69. The molecule has 0 aliphatic heterocycles. The number of nitrogens with one attached hydrogen (secondary N) is 1. The van der Waals surface area contributed by atoms with Crippen molar-refractivity contribution < 1.29 is 13.9 Å². The van der Waals surface area contributed by atoms with Gasteiger partial charge in [0.1, 0.15) is 23.9 Å². The Bertz CT molecular complexity index is 540. The number of hydrogen-bond donors (Lipinski definition) is 1. The van der Waals surface area contributed by atoms with Crippen molar-refractivity contribution in [3.8, 4) is 11.5 Å². The molecule has 2 rings (SSSR count). The minimum absolute atomic E-state index is 0.364. The van der Waals surface area contributed by atoms with E-state index in [0.717, 1.165) is 11.5 Å². The van der Waals surface area contributed by atoms with Crippen molar-refractivity contribution in [2.24, 2.45) is 0 Å². The van der Waals surface area contributed by atoms with Gasteiger partial charge < -0.3 is 14.8 Å². The van der Waals surface area contributed by atoms with E-state index >= 15 is 0 Å². The molecular weight excluding hydrogens is 281 g/mol. The van der Waals surface area contributed by atoms with E-state index in [1.54, 1.807) is 13.2 Å². The van der Waals surface area contributed by atoms with E-state index in [1.165, 1.54) is 12.1 Å². The highest BCUT2D eigenvalue weighted by atomic mass is 35.5. The van der Waals surface area contributed by atoms with Crippen LogP contribution in [-0.2, 0) is 0 Å². The molecule has 0 fully saturated rings. The van der Waals surface area contributed by atoms with Crippen LogP contribution in [0.1, 0.15) is 0 Å². The monoisotopic (exact) mass is 295 g/mol. The summed E-state index contributed by atoms with van der Waals surface area (Å²) in [5, 5.41) is 3.41. The molecule has 0 aromatic heterocycles. The summed E-state index contributed by atoms with van der Waals surface area (Å²) in [7, 11) is 1.61. The molecule has 0 atom stereocenters. The molecular formula is C15H15ClFNO2. The van der Waals surface area contributed by atoms with Crippen LogP contribution < -0.4 is 14.8 Å². The van der Waals surface area contributed by atoms with Crippen molar-refractivity contribution in [1.82, 2.24) is 0 Å². The molecule has 0 heterocycles. The summed E-state index contributed by atoms with van der Waals surface area (Å²) < 4.78 is 23.7. The summed E-state index contributed by atoms with van der Waals surface area (Å²) in [5.74, 6) is 1.17. The lowest BCUT2D eigenvalue weighted by atomic mass is 10.3. The van der Waals surface area contributed by atoms with E-state index in [0.29, 0.717) is 23.9 Å². The van der Waals surface area contributed by atoms with Gasteiger partial charge in [-0.3, -0.25) is 0 Å². The van der Waals surface area contributed by atoms with Gasteiger partial charge in [0, 0.05) is 17.3 Å². The topological polar surface area (TPSA) is 30.5 Å². The van der Waals surface area contributed by atoms with Crippen molar-refractivity contribution in [3.63, 3.8) is 0 Å². The molecule has 2 aromatic carbocycles. The molecule has 0 unspecified atom stereocenters. The minimum Gasteiger partial charge on any atom is -0.497 e. The molecule has 0 aliphatic rings.